The van der Waals surface area contributed by atoms with Crippen LogP contribution in [-0.2, 0) is 20.7 Å². The number of benzene rings is 3. The zero-order chi connectivity index (χ0) is 25.1. The van der Waals surface area contributed by atoms with E-state index in [4.69, 9.17) is 4.74 Å². The summed E-state index contributed by atoms with van der Waals surface area (Å²) in [6.45, 7) is 0.463. The number of piperidine rings is 1. The second-order valence-corrected chi connectivity index (χ2v) is 9.27. The van der Waals surface area contributed by atoms with E-state index in [2.05, 4.69) is 5.32 Å². The molecule has 2 aliphatic rings. The lowest BCUT2D eigenvalue weighted by molar-refractivity contribution is -0.142. The van der Waals surface area contributed by atoms with E-state index in [0.29, 0.717) is 12.1 Å². The average molecular weight is 485 g/mol. The van der Waals surface area contributed by atoms with Crippen molar-refractivity contribution in [3.05, 3.63) is 90.0 Å². The van der Waals surface area contributed by atoms with Crippen LogP contribution in [0.3, 0.4) is 0 Å². The predicted octanol–water partition coefficient (Wildman–Crippen LogP) is 3.36. The van der Waals surface area contributed by atoms with Crippen molar-refractivity contribution in [1.29, 1.82) is 0 Å². The standard InChI is InChI=1S/C29H28N2O5/c32-23-14-8-19(9-15-23)17-24(29(35)31-16-4-7-26-27(31)25(33)18-36-26)30-28(34)22-12-10-21(11-13-22)20-5-2-1-3-6-20/h1-3,5-6,8-15,24,26-27,32H,4,7,16-18H2,(H,30,34)/t24-,26?,27?/m0/s1. The highest BCUT2D eigenvalue weighted by atomic mass is 16.5. The zero-order valence-corrected chi connectivity index (χ0v) is 19.8. The smallest absolute Gasteiger partial charge is 0.251 e. The van der Waals surface area contributed by atoms with Crippen LogP contribution in [0.4, 0.5) is 0 Å². The molecule has 184 valence electrons. The number of carbonyl (C=O) groups excluding carboxylic acids is 3. The number of nitrogens with zero attached hydrogens (tertiary/aromatic N) is 1. The largest absolute Gasteiger partial charge is 0.508 e. The van der Waals surface area contributed by atoms with Crippen molar-refractivity contribution in [2.75, 3.05) is 13.2 Å². The normalized spacial score (nSPS) is 20.0. The molecular weight excluding hydrogens is 456 g/mol. The number of hydrogen-bond acceptors (Lipinski definition) is 5. The van der Waals surface area contributed by atoms with E-state index in [0.717, 1.165) is 29.5 Å². The minimum atomic E-state index is -0.872. The summed E-state index contributed by atoms with van der Waals surface area (Å²) in [4.78, 5) is 41.0. The molecule has 3 aromatic carbocycles. The number of nitrogens with one attached hydrogen (secondary N) is 1. The van der Waals surface area contributed by atoms with Gasteiger partial charge in [-0.1, -0.05) is 54.6 Å². The first-order valence-corrected chi connectivity index (χ1v) is 12.2. The monoisotopic (exact) mass is 484 g/mol. The number of fused-ring (bicyclic) bond motifs is 1. The minimum Gasteiger partial charge on any atom is -0.508 e. The van der Waals surface area contributed by atoms with Gasteiger partial charge in [0.05, 0.1) is 6.10 Å². The van der Waals surface area contributed by atoms with Crippen LogP contribution in [0.15, 0.2) is 78.9 Å². The summed E-state index contributed by atoms with van der Waals surface area (Å²) in [5, 5.41) is 12.5. The van der Waals surface area contributed by atoms with Gasteiger partial charge < -0.3 is 20.1 Å². The van der Waals surface area contributed by atoms with Crippen LogP contribution >= 0.6 is 0 Å². The third-order valence-electron chi connectivity index (χ3n) is 6.86. The maximum atomic E-state index is 13.7. The molecule has 2 unspecified atom stereocenters. The molecule has 2 N–H and O–H groups in total. The molecule has 2 saturated heterocycles. The molecule has 5 rings (SSSR count). The van der Waals surface area contributed by atoms with Crippen LogP contribution in [0.1, 0.15) is 28.8 Å². The van der Waals surface area contributed by atoms with Crippen molar-refractivity contribution in [3.8, 4) is 16.9 Å². The summed E-state index contributed by atoms with van der Waals surface area (Å²) >= 11 is 0. The van der Waals surface area contributed by atoms with Crippen molar-refractivity contribution < 1.29 is 24.2 Å². The van der Waals surface area contributed by atoms with Crippen molar-refractivity contribution in [1.82, 2.24) is 10.2 Å². The van der Waals surface area contributed by atoms with Gasteiger partial charge in [0.15, 0.2) is 5.78 Å². The quantitative estimate of drug-likeness (QED) is 0.560. The highest BCUT2D eigenvalue weighted by Gasteiger charge is 2.45. The molecule has 3 aromatic rings. The van der Waals surface area contributed by atoms with Crippen molar-refractivity contribution in [2.24, 2.45) is 0 Å². The molecule has 2 amide bonds. The molecule has 0 aromatic heterocycles. The van der Waals surface area contributed by atoms with Gasteiger partial charge in [-0.05, 0) is 53.8 Å². The van der Waals surface area contributed by atoms with Crippen molar-refractivity contribution in [2.45, 2.75) is 37.5 Å². The second kappa shape index (κ2) is 10.3. The van der Waals surface area contributed by atoms with E-state index >= 15 is 0 Å². The molecule has 0 saturated carbocycles. The summed E-state index contributed by atoms with van der Waals surface area (Å²) < 4.78 is 5.60. The van der Waals surface area contributed by atoms with E-state index in [1.165, 1.54) is 0 Å². The van der Waals surface area contributed by atoms with E-state index in [-0.39, 0.29) is 42.5 Å². The number of aromatic hydroxyl groups is 1. The number of ketones is 1. The first-order valence-electron chi connectivity index (χ1n) is 12.2. The van der Waals surface area contributed by atoms with E-state index in [1.54, 1.807) is 41.3 Å². The molecule has 0 spiro atoms. The molecular formula is C29H28N2O5. The number of phenolic OH excluding ortho intramolecular Hbond substituents is 1. The lowest BCUT2D eigenvalue weighted by Crippen LogP contribution is -2.58. The van der Waals surface area contributed by atoms with Crippen LogP contribution in [0.5, 0.6) is 5.75 Å². The van der Waals surface area contributed by atoms with Gasteiger partial charge >= 0.3 is 0 Å². The van der Waals surface area contributed by atoms with Gasteiger partial charge in [-0.2, -0.15) is 0 Å². The van der Waals surface area contributed by atoms with Crippen LogP contribution in [0.25, 0.3) is 11.1 Å². The summed E-state index contributed by atoms with van der Waals surface area (Å²) in [5.41, 5.74) is 3.26. The Morgan fingerprint density at radius 3 is 2.39 bits per heavy atom. The number of hydrogen-bond donors (Lipinski definition) is 2. The Labute approximate surface area is 209 Å². The molecule has 3 atom stereocenters. The van der Waals surface area contributed by atoms with Gasteiger partial charge in [0.25, 0.3) is 5.91 Å². The van der Waals surface area contributed by atoms with Crippen LogP contribution in [0.2, 0.25) is 0 Å². The minimum absolute atomic E-state index is 0.0157. The van der Waals surface area contributed by atoms with Gasteiger partial charge in [-0.3, -0.25) is 14.4 Å². The number of phenols is 1. The molecule has 7 nitrogen and oxygen atoms in total. The molecule has 7 heteroatoms. The summed E-state index contributed by atoms with van der Waals surface area (Å²) in [7, 11) is 0. The predicted molar refractivity (Wildman–Crippen MR) is 134 cm³/mol. The summed E-state index contributed by atoms with van der Waals surface area (Å²) in [6, 6.07) is 22.2. The lowest BCUT2D eigenvalue weighted by Gasteiger charge is -2.37. The molecule has 2 fully saturated rings. The molecule has 0 bridgehead atoms. The lowest BCUT2D eigenvalue weighted by atomic mass is 9.95. The van der Waals surface area contributed by atoms with Gasteiger partial charge in [-0.15, -0.1) is 0 Å². The first-order chi connectivity index (χ1) is 17.5. The Hall–Kier alpha value is -3.97. The topological polar surface area (TPSA) is 95.9 Å². The van der Waals surface area contributed by atoms with E-state index in [9.17, 15) is 19.5 Å². The number of ether oxygens (including phenoxy) is 1. The Balaban J connectivity index is 1.37. The number of carbonyl (C=O) groups is 3. The number of Topliss-reactive ketones (excluding diaryl/α,β-unsaturated/α-hetero) is 1. The maximum Gasteiger partial charge on any atom is 0.251 e. The average Bonchev–Trinajstić information content (AvgIpc) is 3.30. The number of amides is 2. The highest BCUT2D eigenvalue weighted by Crippen LogP contribution is 2.27. The van der Waals surface area contributed by atoms with Crippen LogP contribution in [0, 0.1) is 0 Å². The van der Waals surface area contributed by atoms with Gasteiger partial charge in [0.2, 0.25) is 5.91 Å². The fraction of sp³-hybridized carbons (Fsp3) is 0.276. The second-order valence-electron chi connectivity index (χ2n) is 9.27. The van der Waals surface area contributed by atoms with Crippen LogP contribution in [-0.4, -0.2) is 58.9 Å². The third-order valence-corrected chi connectivity index (χ3v) is 6.86. The van der Waals surface area contributed by atoms with Crippen LogP contribution < -0.4 is 5.32 Å². The third kappa shape index (κ3) is 5.02. The Kier molecular flexibility index (Phi) is 6.82. The summed E-state index contributed by atoms with van der Waals surface area (Å²) in [5.74, 6) is -0.642. The maximum absolute atomic E-state index is 13.7. The number of likely N-dealkylation sites (tertiary alicyclic amines) is 1. The van der Waals surface area contributed by atoms with Crippen molar-refractivity contribution in [3.63, 3.8) is 0 Å². The molecule has 2 heterocycles. The van der Waals surface area contributed by atoms with Gasteiger partial charge in [0.1, 0.15) is 24.4 Å². The molecule has 2 aliphatic heterocycles. The fourth-order valence-electron chi connectivity index (χ4n) is 4.99. The van der Waals surface area contributed by atoms with E-state index in [1.807, 2.05) is 42.5 Å². The molecule has 0 aliphatic carbocycles. The van der Waals surface area contributed by atoms with Gasteiger partial charge in [-0.25, -0.2) is 0 Å². The fourth-order valence-corrected chi connectivity index (χ4v) is 4.99. The zero-order valence-electron chi connectivity index (χ0n) is 19.8. The molecule has 36 heavy (non-hydrogen) atoms. The Morgan fingerprint density at radius 1 is 0.972 bits per heavy atom. The first kappa shape index (κ1) is 23.8. The Morgan fingerprint density at radius 2 is 1.67 bits per heavy atom. The number of rotatable bonds is 6. The summed E-state index contributed by atoms with van der Waals surface area (Å²) in [6.07, 6.45) is 1.42. The van der Waals surface area contributed by atoms with Crippen molar-refractivity contribution >= 4 is 17.6 Å². The van der Waals surface area contributed by atoms with E-state index < -0.39 is 12.1 Å². The van der Waals surface area contributed by atoms with Gasteiger partial charge in [0, 0.05) is 18.5 Å². The Bertz CT molecular complexity index is 1240. The highest BCUT2D eigenvalue weighted by molar-refractivity contribution is 5.99. The SMILES string of the molecule is O=C(N[C@@H](Cc1ccc(O)cc1)C(=O)N1CCCC2OCC(=O)C21)c1ccc(-c2ccccc2)cc1. The molecule has 0 radical (unpaired) electrons.